The highest BCUT2D eigenvalue weighted by Gasteiger charge is 2.31. The van der Waals surface area contributed by atoms with Crippen LogP contribution in [0.2, 0.25) is 0 Å². The van der Waals surface area contributed by atoms with E-state index in [4.69, 9.17) is 14.9 Å². The Hall–Kier alpha value is -3.41. The first-order chi connectivity index (χ1) is 17.2. The number of halogens is 2. The van der Waals surface area contributed by atoms with Crippen LogP contribution in [0.4, 0.5) is 13.6 Å². The predicted octanol–water partition coefficient (Wildman–Crippen LogP) is 3.71. The van der Waals surface area contributed by atoms with Crippen molar-refractivity contribution in [2.24, 2.45) is 11.7 Å². The van der Waals surface area contributed by atoms with Gasteiger partial charge in [-0.05, 0) is 56.7 Å². The fourth-order valence-corrected chi connectivity index (χ4v) is 4.01. The number of hydrogen-bond acceptors (Lipinski definition) is 8. The average Bonchev–Trinajstić information content (AvgIpc) is 3.57. The highest BCUT2D eigenvalue weighted by molar-refractivity contribution is 5.94. The molecule has 10 nitrogen and oxygen atoms in total. The molecular weight excluding hydrogens is 478 g/mol. The lowest BCUT2D eigenvalue weighted by molar-refractivity contribution is -0.0515. The first kappa shape index (κ1) is 25.7. The highest BCUT2D eigenvalue weighted by atomic mass is 19.3. The number of nitrogens with zero attached hydrogens (tertiary/aromatic N) is 2. The van der Waals surface area contributed by atoms with Crippen LogP contribution in [0.5, 0.6) is 11.5 Å². The van der Waals surface area contributed by atoms with E-state index in [1.807, 2.05) is 0 Å². The molecule has 0 radical (unpaired) electrons. The molecule has 12 heteroatoms. The number of methoxy groups -OCH3 is 1. The molecule has 2 aliphatic rings. The summed E-state index contributed by atoms with van der Waals surface area (Å²) in [6.45, 7) is -0.177. The highest BCUT2D eigenvalue weighted by Crippen LogP contribution is 2.37. The van der Waals surface area contributed by atoms with E-state index in [-0.39, 0.29) is 47.3 Å². The molecule has 2 fully saturated rings. The van der Waals surface area contributed by atoms with Crippen molar-refractivity contribution in [2.75, 3.05) is 26.8 Å². The maximum atomic E-state index is 13.4. The number of carbonyl (C=O) groups is 2. The zero-order valence-corrected chi connectivity index (χ0v) is 20.2. The summed E-state index contributed by atoms with van der Waals surface area (Å²) in [5.74, 6) is 0.364. The number of benzene rings is 1. The molecule has 2 amide bonds. The van der Waals surface area contributed by atoms with Gasteiger partial charge < -0.3 is 34.6 Å². The fourth-order valence-electron chi connectivity index (χ4n) is 4.01. The Morgan fingerprint density at radius 2 is 2.06 bits per heavy atom. The summed E-state index contributed by atoms with van der Waals surface area (Å²) in [5, 5.41) is 2.72. The average molecular weight is 509 g/mol. The minimum Gasteiger partial charge on any atom is -0.489 e. The lowest BCUT2D eigenvalue weighted by Gasteiger charge is -2.32. The number of alkyl halides is 2. The molecule has 1 aromatic heterocycles. The predicted molar refractivity (Wildman–Crippen MR) is 124 cm³/mol. The number of amides is 2. The number of likely N-dealkylation sites (tertiary alicyclic amines) is 1. The van der Waals surface area contributed by atoms with Crippen LogP contribution in [0.15, 0.2) is 22.6 Å². The van der Waals surface area contributed by atoms with Crippen LogP contribution in [0, 0.1) is 5.92 Å². The van der Waals surface area contributed by atoms with E-state index in [0.717, 1.165) is 12.8 Å². The van der Waals surface area contributed by atoms with Gasteiger partial charge in [-0.25, -0.2) is 9.78 Å². The topological polar surface area (TPSA) is 129 Å². The van der Waals surface area contributed by atoms with Gasteiger partial charge in [0.1, 0.15) is 0 Å². The van der Waals surface area contributed by atoms with E-state index < -0.39 is 18.7 Å². The van der Waals surface area contributed by atoms with Gasteiger partial charge in [0.25, 0.3) is 5.91 Å². The van der Waals surface area contributed by atoms with Crippen LogP contribution in [0.25, 0.3) is 11.5 Å². The molecule has 1 aliphatic carbocycles. The monoisotopic (exact) mass is 508 g/mol. The van der Waals surface area contributed by atoms with Gasteiger partial charge in [0.05, 0.1) is 19.8 Å². The third kappa shape index (κ3) is 6.23. The van der Waals surface area contributed by atoms with Gasteiger partial charge >= 0.3 is 12.7 Å². The van der Waals surface area contributed by atoms with E-state index >= 15 is 0 Å². The molecule has 2 aromatic rings. The first-order valence-electron chi connectivity index (χ1n) is 11.9. The quantitative estimate of drug-likeness (QED) is 0.525. The summed E-state index contributed by atoms with van der Waals surface area (Å²) in [5.41, 5.74) is 6.56. The number of piperidine rings is 1. The normalized spacial score (nSPS) is 18.6. The zero-order chi connectivity index (χ0) is 25.8. The van der Waals surface area contributed by atoms with Crippen LogP contribution in [-0.4, -0.2) is 61.3 Å². The molecule has 2 heterocycles. The molecule has 0 bridgehead atoms. The second-order valence-electron chi connectivity index (χ2n) is 9.04. The summed E-state index contributed by atoms with van der Waals surface area (Å²) in [6, 6.07) is 3.47. The summed E-state index contributed by atoms with van der Waals surface area (Å²) in [6.07, 6.45) is 2.89. The molecule has 2 atom stereocenters. The van der Waals surface area contributed by atoms with Crippen LogP contribution in [-0.2, 0) is 4.74 Å². The van der Waals surface area contributed by atoms with Gasteiger partial charge in [-0.1, -0.05) is 0 Å². The fraction of sp³-hybridized carbons (Fsp3) is 0.542. The number of nitrogens with one attached hydrogen (secondary N) is 1. The maximum absolute atomic E-state index is 13.4. The zero-order valence-electron chi connectivity index (χ0n) is 20.2. The Balaban J connectivity index is 1.59. The molecule has 0 spiro atoms. The van der Waals surface area contributed by atoms with Crippen molar-refractivity contribution in [1.82, 2.24) is 15.2 Å². The molecule has 1 saturated heterocycles. The Kier molecular flexibility index (Phi) is 7.92. The van der Waals surface area contributed by atoms with Gasteiger partial charge in [-0.15, -0.1) is 0 Å². The van der Waals surface area contributed by atoms with Crippen molar-refractivity contribution in [2.45, 2.75) is 51.3 Å². The van der Waals surface area contributed by atoms with Crippen molar-refractivity contribution < 1.29 is 37.0 Å². The minimum absolute atomic E-state index is 0.0621. The molecule has 1 aromatic carbocycles. The SMILES string of the molecule is COC(=O)N[C@@H]1CCCN(C(=O)c2nc(-c3ccc(OC(F)F)c(OCC4CC4)c3)oc2[C@H](C)N)C1. The number of hydrogen-bond donors (Lipinski definition) is 2. The molecule has 4 rings (SSSR count). The Morgan fingerprint density at radius 1 is 1.28 bits per heavy atom. The van der Waals surface area contributed by atoms with Crippen LogP contribution < -0.4 is 20.5 Å². The summed E-state index contributed by atoms with van der Waals surface area (Å²) in [4.78, 5) is 31.0. The Morgan fingerprint density at radius 3 is 2.72 bits per heavy atom. The largest absolute Gasteiger partial charge is 0.489 e. The maximum Gasteiger partial charge on any atom is 0.407 e. The van der Waals surface area contributed by atoms with E-state index in [0.29, 0.717) is 37.5 Å². The Labute approximate surface area is 207 Å². The second kappa shape index (κ2) is 11.1. The van der Waals surface area contributed by atoms with Gasteiger partial charge in [0.15, 0.2) is 23.0 Å². The van der Waals surface area contributed by atoms with E-state index in [1.54, 1.807) is 11.8 Å². The van der Waals surface area contributed by atoms with E-state index in [2.05, 4.69) is 19.8 Å². The number of ether oxygens (including phenoxy) is 3. The summed E-state index contributed by atoms with van der Waals surface area (Å²) >= 11 is 0. The van der Waals surface area contributed by atoms with E-state index in [9.17, 15) is 18.4 Å². The standard InChI is InChI=1S/C24H30F2N4O6/c1-13(27)20-19(22(31)30-9-3-4-16(11-30)28-24(32)33-2)29-21(36-20)15-7-8-17(35-23(25)26)18(10-15)34-12-14-5-6-14/h7-8,10,13-14,16,23H,3-6,9,11-12,27H2,1-2H3,(H,28,32)/t13-,16+/m0/s1. The van der Waals surface area contributed by atoms with Crippen molar-refractivity contribution in [3.05, 3.63) is 29.7 Å². The van der Waals surface area contributed by atoms with Crippen LogP contribution in [0.1, 0.15) is 54.9 Å². The van der Waals surface area contributed by atoms with E-state index in [1.165, 1.54) is 25.3 Å². The third-order valence-corrected chi connectivity index (χ3v) is 6.06. The van der Waals surface area contributed by atoms with Crippen molar-refractivity contribution in [3.8, 4) is 23.0 Å². The lowest BCUT2D eigenvalue weighted by atomic mass is 10.0. The van der Waals surface area contributed by atoms with Gasteiger partial charge in [-0.2, -0.15) is 8.78 Å². The first-order valence-corrected chi connectivity index (χ1v) is 11.9. The number of oxazole rings is 1. The number of aromatic nitrogens is 1. The van der Waals surface area contributed by atoms with Gasteiger partial charge in [0, 0.05) is 24.7 Å². The molecule has 1 saturated carbocycles. The van der Waals surface area contributed by atoms with Gasteiger partial charge in [-0.3, -0.25) is 4.79 Å². The summed E-state index contributed by atoms with van der Waals surface area (Å²) in [7, 11) is 1.28. The molecule has 1 aliphatic heterocycles. The molecule has 0 unspecified atom stereocenters. The van der Waals surface area contributed by atoms with Crippen molar-refractivity contribution in [1.29, 1.82) is 0 Å². The molecule has 196 valence electrons. The molecule has 36 heavy (non-hydrogen) atoms. The Bertz CT molecular complexity index is 1090. The van der Waals surface area contributed by atoms with Gasteiger partial charge in [0.2, 0.25) is 5.89 Å². The number of alkyl carbamates (subject to hydrolysis) is 1. The smallest absolute Gasteiger partial charge is 0.407 e. The van der Waals surface area contributed by atoms with Crippen LogP contribution >= 0.6 is 0 Å². The van der Waals surface area contributed by atoms with Crippen LogP contribution in [0.3, 0.4) is 0 Å². The summed E-state index contributed by atoms with van der Waals surface area (Å²) < 4.78 is 46.6. The van der Waals surface area contributed by atoms with Crippen molar-refractivity contribution in [3.63, 3.8) is 0 Å². The molecule has 3 N–H and O–H groups in total. The third-order valence-electron chi connectivity index (χ3n) is 6.06. The molecular formula is C24H30F2N4O6. The number of rotatable bonds is 9. The minimum atomic E-state index is -3.00. The number of carbonyl (C=O) groups excluding carboxylic acids is 2. The lowest BCUT2D eigenvalue weighted by Crippen LogP contribution is -2.49. The van der Waals surface area contributed by atoms with Crippen molar-refractivity contribution >= 4 is 12.0 Å². The number of nitrogens with two attached hydrogens (primary N) is 1. The second-order valence-corrected chi connectivity index (χ2v) is 9.04.